The molecule has 0 aromatic carbocycles. The van der Waals surface area contributed by atoms with Gasteiger partial charge in [0.15, 0.2) is 0 Å². The van der Waals surface area contributed by atoms with E-state index in [1.165, 1.54) is 0 Å². The summed E-state index contributed by atoms with van der Waals surface area (Å²) >= 11 is 11.7. The van der Waals surface area contributed by atoms with Crippen LogP contribution in [0.15, 0.2) is 0 Å². The number of hydrogen-bond donors (Lipinski definition) is 0. The van der Waals surface area contributed by atoms with E-state index in [-0.39, 0.29) is 23.0 Å². The second-order valence-electron chi connectivity index (χ2n) is 2.63. The zero-order chi connectivity index (χ0) is 7.14. The standard InChI is InChI=1S/C6H8Cl2O2/c7-3-1-9-6-4(8)2-10-5(3)6/h3-6H,1-2H2/t3-,4-,5-,6-/m1/s1. The lowest BCUT2D eigenvalue weighted by Crippen LogP contribution is -2.26. The number of hydrogen-bond acceptors (Lipinski definition) is 2. The van der Waals surface area contributed by atoms with Gasteiger partial charge in [0.1, 0.15) is 12.2 Å². The van der Waals surface area contributed by atoms with Crippen molar-refractivity contribution in [3.05, 3.63) is 0 Å². The predicted octanol–water partition coefficient (Wildman–Crippen LogP) is 0.999. The maximum Gasteiger partial charge on any atom is 0.104 e. The van der Waals surface area contributed by atoms with E-state index in [2.05, 4.69) is 0 Å². The second kappa shape index (κ2) is 2.52. The Balaban J connectivity index is 2.09. The highest BCUT2D eigenvalue weighted by molar-refractivity contribution is 6.23. The zero-order valence-corrected chi connectivity index (χ0v) is 6.81. The molecule has 0 aromatic rings. The van der Waals surface area contributed by atoms with Crippen molar-refractivity contribution in [1.82, 2.24) is 0 Å². The Bertz CT molecular complexity index is 126. The fourth-order valence-corrected chi connectivity index (χ4v) is 1.98. The van der Waals surface area contributed by atoms with Gasteiger partial charge in [0.2, 0.25) is 0 Å². The lowest BCUT2D eigenvalue weighted by atomic mass is 10.2. The largest absolute Gasteiger partial charge is 0.372 e. The molecule has 0 aromatic heterocycles. The first kappa shape index (κ1) is 7.17. The van der Waals surface area contributed by atoms with Gasteiger partial charge in [0.05, 0.1) is 24.0 Å². The Morgan fingerprint density at radius 2 is 1.30 bits per heavy atom. The number of ether oxygens (including phenoxy) is 2. The highest BCUT2D eigenvalue weighted by atomic mass is 35.5. The first-order chi connectivity index (χ1) is 4.79. The summed E-state index contributed by atoms with van der Waals surface area (Å²) in [5.74, 6) is 0. The summed E-state index contributed by atoms with van der Waals surface area (Å²) in [6.07, 6.45) is 0.0633. The molecule has 0 spiro atoms. The molecule has 4 atom stereocenters. The van der Waals surface area contributed by atoms with Crippen molar-refractivity contribution in [2.45, 2.75) is 23.0 Å². The molecule has 2 fully saturated rings. The van der Waals surface area contributed by atoms with Crippen LogP contribution in [0.5, 0.6) is 0 Å². The predicted molar refractivity (Wildman–Crippen MR) is 38.8 cm³/mol. The molecule has 10 heavy (non-hydrogen) atoms. The van der Waals surface area contributed by atoms with Gasteiger partial charge in [-0.1, -0.05) is 0 Å². The van der Waals surface area contributed by atoms with Gasteiger partial charge in [-0.05, 0) is 0 Å². The maximum absolute atomic E-state index is 5.87. The lowest BCUT2D eigenvalue weighted by Gasteiger charge is -2.08. The van der Waals surface area contributed by atoms with E-state index in [9.17, 15) is 0 Å². The Morgan fingerprint density at radius 3 is 1.70 bits per heavy atom. The number of fused-ring (bicyclic) bond motifs is 1. The van der Waals surface area contributed by atoms with Gasteiger partial charge in [-0.15, -0.1) is 23.2 Å². The quantitative estimate of drug-likeness (QED) is 0.521. The molecule has 2 aliphatic rings. The lowest BCUT2D eigenvalue weighted by molar-refractivity contribution is 0.0741. The molecule has 0 amide bonds. The molecule has 0 aliphatic carbocycles. The summed E-state index contributed by atoms with van der Waals surface area (Å²) in [5, 5.41) is -0.0116. The van der Waals surface area contributed by atoms with Gasteiger partial charge in [-0.25, -0.2) is 0 Å². The molecule has 2 saturated heterocycles. The molecule has 4 heteroatoms. The summed E-state index contributed by atoms with van der Waals surface area (Å²) in [6, 6.07) is 0. The maximum atomic E-state index is 5.87. The van der Waals surface area contributed by atoms with Crippen LogP contribution < -0.4 is 0 Å². The monoisotopic (exact) mass is 182 g/mol. The van der Waals surface area contributed by atoms with Crippen LogP contribution in [0.25, 0.3) is 0 Å². The zero-order valence-electron chi connectivity index (χ0n) is 5.30. The summed E-state index contributed by atoms with van der Waals surface area (Å²) < 4.78 is 10.6. The minimum atomic E-state index is -0.00579. The molecule has 2 nitrogen and oxygen atoms in total. The van der Waals surface area contributed by atoms with Crippen LogP contribution in [-0.4, -0.2) is 36.2 Å². The third-order valence-electron chi connectivity index (χ3n) is 1.93. The van der Waals surface area contributed by atoms with E-state index >= 15 is 0 Å². The molecule has 0 saturated carbocycles. The van der Waals surface area contributed by atoms with Gasteiger partial charge in [-0.3, -0.25) is 0 Å². The van der Waals surface area contributed by atoms with Crippen LogP contribution in [0, 0.1) is 0 Å². The minimum Gasteiger partial charge on any atom is -0.372 e. The number of halogens is 2. The van der Waals surface area contributed by atoms with E-state index in [0.717, 1.165) is 0 Å². The molecule has 2 heterocycles. The van der Waals surface area contributed by atoms with Gasteiger partial charge in [0.25, 0.3) is 0 Å². The van der Waals surface area contributed by atoms with Crippen molar-refractivity contribution in [2.75, 3.05) is 13.2 Å². The molecule has 0 unspecified atom stereocenters. The van der Waals surface area contributed by atoms with Crippen LogP contribution in [-0.2, 0) is 9.47 Å². The van der Waals surface area contributed by atoms with E-state index in [1.54, 1.807) is 0 Å². The molecule has 0 N–H and O–H groups in total. The Kier molecular flexibility index (Phi) is 1.81. The van der Waals surface area contributed by atoms with Crippen molar-refractivity contribution in [2.24, 2.45) is 0 Å². The second-order valence-corrected chi connectivity index (χ2v) is 3.75. The average Bonchev–Trinajstić information content (AvgIpc) is 2.41. The molecule has 0 bridgehead atoms. The van der Waals surface area contributed by atoms with Crippen LogP contribution in [0.3, 0.4) is 0 Å². The summed E-state index contributed by atoms with van der Waals surface area (Å²) in [5.41, 5.74) is 0. The Hall–Kier alpha value is 0.500. The summed E-state index contributed by atoms with van der Waals surface area (Å²) in [4.78, 5) is 0. The fraction of sp³-hybridized carbons (Fsp3) is 1.00. The third kappa shape index (κ3) is 0.944. The van der Waals surface area contributed by atoms with Crippen LogP contribution in [0.1, 0.15) is 0 Å². The third-order valence-corrected chi connectivity index (χ3v) is 2.68. The smallest absolute Gasteiger partial charge is 0.104 e. The van der Waals surface area contributed by atoms with Crippen LogP contribution in [0.4, 0.5) is 0 Å². The van der Waals surface area contributed by atoms with Gasteiger partial charge >= 0.3 is 0 Å². The van der Waals surface area contributed by atoms with Crippen LogP contribution in [0.2, 0.25) is 0 Å². The summed E-state index contributed by atoms with van der Waals surface area (Å²) in [6.45, 7) is 1.14. The van der Waals surface area contributed by atoms with Crippen molar-refractivity contribution in [3.8, 4) is 0 Å². The number of rotatable bonds is 0. The Labute approximate surface area is 69.4 Å². The SMILES string of the molecule is Cl[C@@H]1CO[C@H]2[C@@H]1OC[C@H]2Cl. The highest BCUT2D eigenvalue weighted by Crippen LogP contribution is 2.32. The average molecular weight is 183 g/mol. The molecule has 58 valence electrons. The van der Waals surface area contributed by atoms with Gasteiger partial charge < -0.3 is 9.47 Å². The first-order valence-corrected chi connectivity index (χ1v) is 4.17. The van der Waals surface area contributed by atoms with E-state index in [1.807, 2.05) is 0 Å². The fourth-order valence-electron chi connectivity index (χ4n) is 1.41. The minimum absolute atomic E-state index is 0.00579. The van der Waals surface area contributed by atoms with Gasteiger partial charge in [0, 0.05) is 0 Å². The molecule has 0 radical (unpaired) electrons. The topological polar surface area (TPSA) is 18.5 Å². The molecular weight excluding hydrogens is 175 g/mol. The van der Waals surface area contributed by atoms with Crippen molar-refractivity contribution >= 4 is 23.2 Å². The first-order valence-electron chi connectivity index (χ1n) is 3.30. The highest BCUT2D eigenvalue weighted by Gasteiger charge is 2.46. The van der Waals surface area contributed by atoms with E-state index in [4.69, 9.17) is 32.7 Å². The van der Waals surface area contributed by atoms with Crippen molar-refractivity contribution in [3.63, 3.8) is 0 Å². The Morgan fingerprint density at radius 1 is 0.900 bits per heavy atom. The normalized spacial score (nSPS) is 53.4. The van der Waals surface area contributed by atoms with E-state index < -0.39 is 0 Å². The van der Waals surface area contributed by atoms with Crippen LogP contribution >= 0.6 is 23.2 Å². The van der Waals surface area contributed by atoms with Gasteiger partial charge in [-0.2, -0.15) is 0 Å². The molecule has 2 rings (SSSR count). The van der Waals surface area contributed by atoms with E-state index in [0.29, 0.717) is 13.2 Å². The number of alkyl halides is 2. The molecular formula is C6H8Cl2O2. The summed E-state index contributed by atoms with van der Waals surface area (Å²) in [7, 11) is 0. The molecule has 2 aliphatic heterocycles. The van der Waals surface area contributed by atoms with Crippen molar-refractivity contribution in [1.29, 1.82) is 0 Å². The van der Waals surface area contributed by atoms with Crippen molar-refractivity contribution < 1.29 is 9.47 Å².